The first-order valence-electron chi connectivity index (χ1n) is 5.54. The molecule has 84 valence electrons. The molecule has 1 aromatic rings. The van der Waals surface area contributed by atoms with Crippen LogP contribution < -0.4 is 5.32 Å². The Bertz CT molecular complexity index is 395. The molecule has 1 rings (SSSR count). The van der Waals surface area contributed by atoms with Crippen molar-refractivity contribution in [3.05, 3.63) is 35.4 Å². The number of Topliss-reactive ketones (excluding diaryl/α,β-unsaturated/α-hetero) is 1. The molecule has 0 aliphatic rings. The Morgan fingerprint density at radius 2 is 2.00 bits per heavy atom. The van der Waals surface area contributed by atoms with Gasteiger partial charge < -0.3 is 5.32 Å². The summed E-state index contributed by atoms with van der Waals surface area (Å²) in [5, 5.41) is 3.04. The van der Waals surface area contributed by atoms with Crippen LogP contribution in [0.5, 0.6) is 0 Å². The number of hydrogen-bond donors (Lipinski definition) is 1. The van der Waals surface area contributed by atoms with Gasteiger partial charge in [0.15, 0.2) is 5.78 Å². The van der Waals surface area contributed by atoms with Crippen molar-refractivity contribution >= 4 is 5.78 Å². The molecular weight excluding hydrogens is 198 g/mol. The van der Waals surface area contributed by atoms with Crippen molar-refractivity contribution in [2.45, 2.75) is 19.8 Å². The molecule has 0 aliphatic carbocycles. The van der Waals surface area contributed by atoms with Crippen LogP contribution in [0.2, 0.25) is 0 Å². The average molecular weight is 215 g/mol. The number of rotatable bonds is 4. The minimum absolute atomic E-state index is 0.176. The summed E-state index contributed by atoms with van der Waals surface area (Å²) in [6, 6.07) is 7.48. The van der Waals surface area contributed by atoms with Gasteiger partial charge in [-0.1, -0.05) is 30.9 Å². The predicted octanol–water partition coefficient (Wildman–Crippen LogP) is 2.24. The third-order valence-corrected chi connectivity index (χ3v) is 2.26. The largest absolute Gasteiger partial charge is 0.319 e. The van der Waals surface area contributed by atoms with Gasteiger partial charge in [-0.2, -0.15) is 0 Å². The van der Waals surface area contributed by atoms with E-state index in [9.17, 15) is 4.79 Å². The van der Waals surface area contributed by atoms with Crippen LogP contribution >= 0.6 is 0 Å². The molecule has 2 heteroatoms. The van der Waals surface area contributed by atoms with Gasteiger partial charge in [-0.25, -0.2) is 0 Å². The second-order valence-corrected chi connectivity index (χ2v) is 3.51. The molecule has 0 fully saturated rings. The predicted molar refractivity (Wildman–Crippen MR) is 66.5 cm³/mol. The van der Waals surface area contributed by atoms with Crippen molar-refractivity contribution in [2.75, 3.05) is 13.6 Å². The van der Waals surface area contributed by atoms with Gasteiger partial charge in [0.05, 0.1) is 0 Å². The molecule has 0 amide bonds. The summed E-state index contributed by atoms with van der Waals surface area (Å²) < 4.78 is 0. The maximum absolute atomic E-state index is 11.4. The molecule has 2 nitrogen and oxygen atoms in total. The smallest absolute Gasteiger partial charge is 0.162 e. The van der Waals surface area contributed by atoms with Crippen LogP contribution in [-0.4, -0.2) is 19.4 Å². The van der Waals surface area contributed by atoms with Crippen molar-refractivity contribution in [1.82, 2.24) is 5.32 Å². The summed E-state index contributed by atoms with van der Waals surface area (Å²) in [6.45, 7) is 2.77. The van der Waals surface area contributed by atoms with Gasteiger partial charge in [0.1, 0.15) is 0 Å². The standard InChI is InChI=1S/C14H17NO/c1-3-14(16)13-9-7-12(8-10-13)6-4-5-11-15-2/h7-10,15H,3,5,11H2,1-2H3. The minimum Gasteiger partial charge on any atom is -0.319 e. The molecule has 0 aromatic heterocycles. The highest BCUT2D eigenvalue weighted by atomic mass is 16.1. The van der Waals surface area contributed by atoms with Crippen LogP contribution in [0.1, 0.15) is 35.7 Å². The van der Waals surface area contributed by atoms with Crippen molar-refractivity contribution in [2.24, 2.45) is 0 Å². The molecule has 0 heterocycles. The monoisotopic (exact) mass is 215 g/mol. The Kier molecular flexibility index (Phi) is 5.31. The van der Waals surface area contributed by atoms with Crippen molar-refractivity contribution in [3.8, 4) is 11.8 Å². The van der Waals surface area contributed by atoms with E-state index >= 15 is 0 Å². The van der Waals surface area contributed by atoms with Gasteiger partial charge in [0, 0.05) is 30.5 Å². The Labute approximate surface area is 97.1 Å². The zero-order valence-corrected chi connectivity index (χ0v) is 9.84. The van der Waals surface area contributed by atoms with E-state index in [4.69, 9.17) is 0 Å². The number of ketones is 1. The maximum Gasteiger partial charge on any atom is 0.162 e. The number of carbonyl (C=O) groups is 1. The fraction of sp³-hybridized carbons (Fsp3) is 0.357. The maximum atomic E-state index is 11.4. The van der Waals surface area contributed by atoms with Crippen LogP contribution in [0.4, 0.5) is 0 Å². The van der Waals surface area contributed by atoms with Crippen molar-refractivity contribution in [3.63, 3.8) is 0 Å². The SMILES string of the molecule is CCC(=O)c1ccc(C#CCCNC)cc1. The molecule has 16 heavy (non-hydrogen) atoms. The summed E-state index contributed by atoms with van der Waals surface area (Å²) >= 11 is 0. The third-order valence-electron chi connectivity index (χ3n) is 2.26. The van der Waals surface area contributed by atoms with E-state index in [2.05, 4.69) is 17.2 Å². The lowest BCUT2D eigenvalue weighted by Gasteiger charge is -1.97. The highest BCUT2D eigenvalue weighted by molar-refractivity contribution is 5.95. The van der Waals surface area contributed by atoms with Crippen molar-refractivity contribution < 1.29 is 4.79 Å². The van der Waals surface area contributed by atoms with Gasteiger partial charge in [0.2, 0.25) is 0 Å². The average Bonchev–Trinajstić information content (AvgIpc) is 2.34. The number of benzene rings is 1. The van der Waals surface area contributed by atoms with Gasteiger partial charge in [-0.3, -0.25) is 4.79 Å². The van der Waals surface area contributed by atoms with Crippen LogP contribution in [0.15, 0.2) is 24.3 Å². The van der Waals surface area contributed by atoms with Gasteiger partial charge in [-0.05, 0) is 19.2 Å². The summed E-state index contributed by atoms with van der Waals surface area (Å²) in [5.74, 6) is 6.31. The molecule has 0 unspecified atom stereocenters. The molecule has 0 aliphatic heterocycles. The zero-order chi connectivity index (χ0) is 11.8. The fourth-order valence-electron chi connectivity index (χ4n) is 1.30. The first-order valence-corrected chi connectivity index (χ1v) is 5.54. The first-order chi connectivity index (χ1) is 7.77. The molecule has 0 bridgehead atoms. The number of nitrogens with one attached hydrogen (secondary N) is 1. The lowest BCUT2D eigenvalue weighted by molar-refractivity contribution is 0.0988. The molecule has 0 spiro atoms. The first kappa shape index (κ1) is 12.5. The summed E-state index contributed by atoms with van der Waals surface area (Å²) in [5.41, 5.74) is 1.73. The number of hydrogen-bond acceptors (Lipinski definition) is 2. The Morgan fingerprint density at radius 1 is 1.31 bits per heavy atom. The second kappa shape index (κ2) is 6.81. The Balaban J connectivity index is 2.63. The molecule has 0 atom stereocenters. The normalized spacial score (nSPS) is 9.38. The number of carbonyl (C=O) groups excluding carboxylic acids is 1. The molecule has 1 aromatic carbocycles. The molecule has 0 saturated carbocycles. The van der Waals surface area contributed by atoms with E-state index in [0.29, 0.717) is 6.42 Å². The summed E-state index contributed by atoms with van der Waals surface area (Å²) in [7, 11) is 1.91. The lowest BCUT2D eigenvalue weighted by Crippen LogP contribution is -2.05. The van der Waals surface area contributed by atoms with Gasteiger partial charge in [0.25, 0.3) is 0 Å². The van der Waals surface area contributed by atoms with Crippen LogP contribution in [0.25, 0.3) is 0 Å². The second-order valence-electron chi connectivity index (χ2n) is 3.51. The topological polar surface area (TPSA) is 29.1 Å². The fourth-order valence-corrected chi connectivity index (χ4v) is 1.30. The van der Waals surface area contributed by atoms with Gasteiger partial charge in [-0.15, -0.1) is 0 Å². The zero-order valence-electron chi connectivity index (χ0n) is 9.84. The quantitative estimate of drug-likeness (QED) is 0.474. The minimum atomic E-state index is 0.176. The van der Waals surface area contributed by atoms with Crippen LogP contribution in [0, 0.1) is 11.8 Å². The van der Waals surface area contributed by atoms with Crippen molar-refractivity contribution in [1.29, 1.82) is 0 Å². The molecule has 0 radical (unpaired) electrons. The third kappa shape index (κ3) is 3.88. The highest BCUT2D eigenvalue weighted by Crippen LogP contribution is 2.05. The summed E-state index contributed by atoms with van der Waals surface area (Å²) in [6.07, 6.45) is 1.39. The molecule has 0 saturated heterocycles. The van der Waals surface area contributed by atoms with E-state index in [1.807, 2.05) is 38.2 Å². The van der Waals surface area contributed by atoms with Crippen LogP contribution in [0.3, 0.4) is 0 Å². The van der Waals surface area contributed by atoms with E-state index in [1.165, 1.54) is 0 Å². The van der Waals surface area contributed by atoms with E-state index in [-0.39, 0.29) is 5.78 Å². The lowest BCUT2D eigenvalue weighted by atomic mass is 10.1. The molecule has 1 N–H and O–H groups in total. The van der Waals surface area contributed by atoms with E-state index in [0.717, 1.165) is 24.1 Å². The Morgan fingerprint density at radius 3 is 2.56 bits per heavy atom. The Hall–Kier alpha value is -1.59. The van der Waals surface area contributed by atoms with E-state index in [1.54, 1.807) is 0 Å². The van der Waals surface area contributed by atoms with E-state index < -0.39 is 0 Å². The van der Waals surface area contributed by atoms with Gasteiger partial charge >= 0.3 is 0 Å². The van der Waals surface area contributed by atoms with Crippen LogP contribution in [-0.2, 0) is 0 Å². The summed E-state index contributed by atoms with van der Waals surface area (Å²) in [4.78, 5) is 11.4. The highest BCUT2D eigenvalue weighted by Gasteiger charge is 2.00. The molecular formula is C14H17NO.